The van der Waals surface area contributed by atoms with Gasteiger partial charge in [0.15, 0.2) is 5.82 Å². The SMILES string of the molecule is Cc1[nH]nc2c(F)cc(-c3ccc4nc(CN5CC=C(c6cccc(OCc7ccc(Cl)cc7F)n6)CC5)n(CC5CCO5)c4c3)cc12.NC=O. The lowest BCUT2D eigenvalue weighted by Crippen LogP contribution is -2.33. The van der Waals surface area contributed by atoms with E-state index in [0.29, 0.717) is 28.5 Å². The molecule has 0 radical (unpaired) electrons. The smallest absolute Gasteiger partial charge is 0.214 e. The number of carbonyl (C=O) groups excluding carboxylic acids is 1. The Bertz CT molecular complexity index is 2250. The van der Waals surface area contributed by atoms with E-state index < -0.39 is 5.82 Å². The molecule has 1 saturated heterocycles. The summed E-state index contributed by atoms with van der Waals surface area (Å²) < 4.78 is 43.1. The van der Waals surface area contributed by atoms with Gasteiger partial charge in [0.05, 0.1) is 35.9 Å². The largest absolute Gasteiger partial charge is 0.473 e. The number of aromatic amines is 1. The van der Waals surface area contributed by atoms with Crippen LogP contribution in [-0.2, 0) is 29.2 Å². The van der Waals surface area contributed by atoms with E-state index in [1.54, 1.807) is 24.3 Å². The van der Waals surface area contributed by atoms with E-state index in [-0.39, 0.29) is 24.9 Å². The quantitative estimate of drug-likeness (QED) is 0.155. The average molecular weight is 712 g/mol. The number of nitrogens with one attached hydrogen (secondary N) is 1. The summed E-state index contributed by atoms with van der Waals surface area (Å²) in [7, 11) is 0. The summed E-state index contributed by atoms with van der Waals surface area (Å²) in [6, 6.07) is 19.9. The van der Waals surface area contributed by atoms with Gasteiger partial charge in [0.25, 0.3) is 0 Å². The van der Waals surface area contributed by atoms with Crippen LogP contribution in [0.4, 0.5) is 8.78 Å². The van der Waals surface area contributed by atoms with E-state index in [0.717, 1.165) is 89.4 Å². The zero-order chi connectivity index (χ0) is 35.5. The molecule has 3 N–H and O–H groups in total. The van der Waals surface area contributed by atoms with Crippen LogP contribution in [0.25, 0.3) is 38.6 Å². The summed E-state index contributed by atoms with van der Waals surface area (Å²) >= 11 is 5.87. The first-order chi connectivity index (χ1) is 24.8. The van der Waals surface area contributed by atoms with Crippen LogP contribution < -0.4 is 10.5 Å². The fourth-order valence-electron chi connectivity index (χ4n) is 6.43. The number of aryl methyl sites for hydroxylation is 1. The number of hydrogen-bond acceptors (Lipinski definition) is 7. The number of nitrogens with zero attached hydrogens (tertiary/aromatic N) is 5. The van der Waals surface area contributed by atoms with E-state index in [2.05, 4.69) is 37.5 Å². The van der Waals surface area contributed by atoms with Crippen LogP contribution in [0.5, 0.6) is 5.88 Å². The molecule has 1 amide bonds. The highest BCUT2D eigenvalue weighted by Crippen LogP contribution is 2.32. The van der Waals surface area contributed by atoms with Gasteiger partial charge in [-0.25, -0.2) is 18.7 Å². The molecule has 0 bridgehead atoms. The van der Waals surface area contributed by atoms with Crippen LogP contribution in [0, 0.1) is 18.6 Å². The first-order valence-electron chi connectivity index (χ1n) is 16.7. The number of hydrogen-bond donors (Lipinski definition) is 2. The number of nitrogens with two attached hydrogens (primary N) is 1. The highest BCUT2D eigenvalue weighted by Gasteiger charge is 2.24. The number of halogens is 3. The Hall–Kier alpha value is -5.17. The maximum atomic E-state index is 15.0. The van der Waals surface area contributed by atoms with Crippen LogP contribution >= 0.6 is 11.6 Å². The number of primary amides is 1. The number of pyridine rings is 1. The van der Waals surface area contributed by atoms with Gasteiger partial charge < -0.3 is 19.8 Å². The molecule has 262 valence electrons. The molecule has 1 atom stereocenters. The number of ether oxygens (including phenoxy) is 2. The topological polar surface area (TPSA) is 124 Å². The third kappa shape index (κ3) is 7.48. The van der Waals surface area contributed by atoms with Crippen LogP contribution in [0.15, 0.2) is 72.8 Å². The number of aromatic nitrogens is 5. The van der Waals surface area contributed by atoms with Crippen molar-refractivity contribution in [2.45, 2.75) is 45.6 Å². The minimum atomic E-state index is -0.402. The normalized spacial score (nSPS) is 16.0. The highest BCUT2D eigenvalue weighted by molar-refractivity contribution is 6.30. The maximum absolute atomic E-state index is 15.0. The minimum Gasteiger partial charge on any atom is -0.473 e. The number of fused-ring (bicyclic) bond motifs is 2. The van der Waals surface area contributed by atoms with E-state index in [1.807, 2.05) is 37.3 Å². The average Bonchev–Trinajstić information content (AvgIpc) is 3.65. The summed E-state index contributed by atoms with van der Waals surface area (Å²) in [4.78, 5) is 20.7. The van der Waals surface area contributed by atoms with Crippen LogP contribution in [0.3, 0.4) is 0 Å². The third-order valence-corrected chi connectivity index (χ3v) is 9.48. The van der Waals surface area contributed by atoms with E-state index in [1.165, 1.54) is 6.07 Å². The van der Waals surface area contributed by atoms with Gasteiger partial charge in [-0.1, -0.05) is 35.9 Å². The Labute approximate surface area is 297 Å². The van der Waals surface area contributed by atoms with Crippen molar-refractivity contribution in [2.24, 2.45) is 5.73 Å². The Morgan fingerprint density at radius 3 is 2.67 bits per heavy atom. The minimum absolute atomic E-state index is 0.0663. The molecule has 0 saturated carbocycles. The van der Waals surface area contributed by atoms with Crippen molar-refractivity contribution in [1.29, 1.82) is 0 Å². The molecular weight excluding hydrogens is 676 g/mol. The monoisotopic (exact) mass is 711 g/mol. The summed E-state index contributed by atoms with van der Waals surface area (Å²) in [6.07, 6.45) is 4.44. The number of imidazole rings is 1. The number of amides is 1. The zero-order valence-electron chi connectivity index (χ0n) is 27.9. The standard InChI is InChI=1S/C37H33ClF2N6O2.CH3NO/c1-22-29-15-26(16-31(40)37(29)44-43-22)24-6-8-33-34(17-24)46(19-28-11-14-47-28)35(41-33)20-45-12-9-23(10-13-45)32-3-2-4-36(42-32)48-21-25-5-7-27(38)18-30(25)39;2-1-3/h2-9,15-18,28H,10-14,19-21H2,1H3,(H,43,44);1H,(H2,2,3). The van der Waals surface area contributed by atoms with Gasteiger partial charge in [0.2, 0.25) is 12.3 Å². The lowest BCUT2D eigenvalue weighted by molar-refractivity contribution is -0.106. The second-order valence-electron chi connectivity index (χ2n) is 12.6. The first-order valence-corrected chi connectivity index (χ1v) is 17.0. The van der Waals surface area contributed by atoms with Gasteiger partial charge in [0.1, 0.15) is 23.8 Å². The van der Waals surface area contributed by atoms with Gasteiger partial charge >= 0.3 is 0 Å². The van der Waals surface area contributed by atoms with Crippen molar-refractivity contribution in [3.8, 4) is 17.0 Å². The van der Waals surface area contributed by atoms with Crippen molar-refractivity contribution in [1.82, 2.24) is 29.6 Å². The molecule has 1 unspecified atom stereocenters. The van der Waals surface area contributed by atoms with Gasteiger partial charge in [-0.05, 0) is 78.9 Å². The summed E-state index contributed by atoms with van der Waals surface area (Å²) in [5.41, 5.74) is 11.4. The molecule has 0 spiro atoms. The van der Waals surface area contributed by atoms with Gasteiger partial charge in [-0.2, -0.15) is 5.10 Å². The summed E-state index contributed by atoms with van der Waals surface area (Å²) in [5.74, 6) is 0.675. The molecule has 10 nitrogen and oxygen atoms in total. The van der Waals surface area contributed by atoms with Crippen molar-refractivity contribution >= 4 is 45.5 Å². The van der Waals surface area contributed by atoms with Crippen molar-refractivity contribution in [2.75, 3.05) is 19.7 Å². The number of rotatable bonds is 9. The third-order valence-electron chi connectivity index (χ3n) is 9.24. The van der Waals surface area contributed by atoms with Crippen LogP contribution in [0.1, 0.15) is 35.6 Å². The maximum Gasteiger partial charge on any atom is 0.214 e. The number of benzene rings is 3. The second kappa shape index (κ2) is 15.0. The van der Waals surface area contributed by atoms with E-state index in [4.69, 9.17) is 35.8 Å². The molecule has 3 aromatic carbocycles. The first kappa shape index (κ1) is 34.3. The highest BCUT2D eigenvalue weighted by atomic mass is 35.5. The fraction of sp³-hybridized carbons (Fsp3) is 0.263. The summed E-state index contributed by atoms with van der Waals surface area (Å²) in [5, 5.41) is 8.13. The van der Waals surface area contributed by atoms with Gasteiger partial charge in [-0.3, -0.25) is 14.8 Å². The molecule has 6 aromatic rings. The predicted molar refractivity (Wildman–Crippen MR) is 192 cm³/mol. The van der Waals surface area contributed by atoms with Crippen molar-refractivity contribution in [3.05, 3.63) is 112 Å². The Balaban J connectivity index is 0.00000131. The molecule has 1 fully saturated rings. The zero-order valence-corrected chi connectivity index (χ0v) is 28.7. The van der Waals surface area contributed by atoms with Crippen LogP contribution in [0.2, 0.25) is 5.02 Å². The van der Waals surface area contributed by atoms with Crippen LogP contribution in [-0.4, -0.2) is 61.8 Å². The fourth-order valence-corrected chi connectivity index (χ4v) is 6.58. The van der Waals surface area contributed by atoms with Crippen molar-refractivity contribution < 1.29 is 23.0 Å². The lowest BCUT2D eigenvalue weighted by Gasteiger charge is -2.29. The molecule has 2 aliphatic heterocycles. The molecule has 51 heavy (non-hydrogen) atoms. The molecule has 2 aliphatic rings. The van der Waals surface area contributed by atoms with Crippen molar-refractivity contribution in [3.63, 3.8) is 0 Å². The molecule has 8 rings (SSSR count). The molecule has 0 aliphatic carbocycles. The molecule has 5 heterocycles. The number of H-pyrrole nitrogens is 1. The molecule has 13 heteroatoms. The van der Waals surface area contributed by atoms with Gasteiger partial charge in [-0.15, -0.1) is 0 Å². The van der Waals surface area contributed by atoms with E-state index in [9.17, 15) is 8.78 Å². The Kier molecular flexibility index (Phi) is 10.1. The predicted octanol–water partition coefficient (Wildman–Crippen LogP) is 6.97. The van der Waals surface area contributed by atoms with E-state index >= 15 is 0 Å². The molecular formula is C38H36ClF2N7O3. The molecule has 3 aromatic heterocycles. The number of carbonyl (C=O) groups is 1. The van der Waals surface area contributed by atoms with Gasteiger partial charge in [0, 0.05) is 47.4 Å². The summed E-state index contributed by atoms with van der Waals surface area (Å²) in [6.45, 7) is 5.72. The Morgan fingerprint density at radius 2 is 1.92 bits per heavy atom. The lowest BCUT2D eigenvalue weighted by atomic mass is 10.0. The second-order valence-corrected chi connectivity index (χ2v) is 13.0. The Morgan fingerprint density at radius 1 is 1.08 bits per heavy atom.